The quantitative estimate of drug-likeness (QED) is 0.828. The maximum absolute atomic E-state index is 13.4. The molecule has 0 saturated heterocycles. The summed E-state index contributed by atoms with van der Waals surface area (Å²) in [6.45, 7) is 3.66. The largest absolute Gasteiger partial charge is 0.373 e. The van der Waals surface area contributed by atoms with Crippen LogP contribution in [0.5, 0.6) is 0 Å². The summed E-state index contributed by atoms with van der Waals surface area (Å²) in [6.07, 6.45) is 0. The normalized spacial score (nSPS) is 10.5. The highest BCUT2D eigenvalue weighted by Crippen LogP contribution is 2.30. The minimum Gasteiger partial charge on any atom is -0.373 e. The number of anilines is 3. The first-order chi connectivity index (χ1) is 9.42. The molecule has 1 aromatic carbocycles. The van der Waals surface area contributed by atoms with Gasteiger partial charge in [0, 0.05) is 18.3 Å². The Bertz CT molecular complexity index is 638. The van der Waals surface area contributed by atoms with Crippen molar-refractivity contribution < 1.29 is 4.39 Å². The van der Waals surface area contributed by atoms with E-state index in [1.165, 1.54) is 12.1 Å². The number of hydrogen-bond acceptors (Lipinski definition) is 4. The van der Waals surface area contributed by atoms with E-state index in [2.05, 4.69) is 20.6 Å². The van der Waals surface area contributed by atoms with Crippen molar-refractivity contribution in [3.63, 3.8) is 0 Å². The third kappa shape index (κ3) is 2.94. The van der Waals surface area contributed by atoms with Gasteiger partial charge in [-0.2, -0.15) is 0 Å². The highest BCUT2D eigenvalue weighted by Gasteiger charge is 2.11. The van der Waals surface area contributed by atoms with Crippen molar-refractivity contribution in [3.8, 4) is 0 Å². The fourth-order valence-corrected chi connectivity index (χ4v) is 2.25. The molecular formula is C13H13Cl2FN4. The number of rotatable bonds is 3. The number of aromatic nitrogens is 2. The van der Waals surface area contributed by atoms with Crippen molar-refractivity contribution in [3.05, 3.63) is 39.4 Å². The molecule has 0 amide bonds. The molecule has 0 radical (unpaired) electrons. The van der Waals surface area contributed by atoms with E-state index in [0.29, 0.717) is 17.3 Å². The maximum Gasteiger partial charge on any atom is 0.160 e. The maximum atomic E-state index is 13.4. The topological polar surface area (TPSA) is 49.8 Å². The second-order valence-corrected chi connectivity index (χ2v) is 5.04. The lowest BCUT2D eigenvalue weighted by atomic mass is 10.2. The predicted molar refractivity (Wildman–Crippen MR) is 80.8 cm³/mol. The van der Waals surface area contributed by atoms with Crippen molar-refractivity contribution in [1.82, 2.24) is 9.97 Å². The number of aryl methyl sites for hydroxylation is 1. The average molecular weight is 315 g/mol. The summed E-state index contributed by atoms with van der Waals surface area (Å²) >= 11 is 11.5. The molecule has 2 N–H and O–H groups in total. The fraction of sp³-hybridized carbons (Fsp3) is 0.231. The van der Waals surface area contributed by atoms with Crippen molar-refractivity contribution in [2.45, 2.75) is 13.8 Å². The van der Waals surface area contributed by atoms with Gasteiger partial charge >= 0.3 is 0 Å². The van der Waals surface area contributed by atoms with Gasteiger partial charge in [0.15, 0.2) is 5.82 Å². The van der Waals surface area contributed by atoms with Crippen LogP contribution in [-0.4, -0.2) is 17.0 Å². The van der Waals surface area contributed by atoms with Gasteiger partial charge in [-0.25, -0.2) is 14.4 Å². The molecule has 0 bridgehead atoms. The Hall–Kier alpha value is -1.59. The molecule has 2 aromatic rings. The van der Waals surface area contributed by atoms with Gasteiger partial charge in [0.25, 0.3) is 0 Å². The zero-order chi connectivity index (χ0) is 14.9. The van der Waals surface area contributed by atoms with Gasteiger partial charge in [0.1, 0.15) is 17.5 Å². The van der Waals surface area contributed by atoms with Gasteiger partial charge in [-0.1, -0.05) is 23.2 Å². The molecule has 0 aliphatic rings. The molecule has 0 spiro atoms. The smallest absolute Gasteiger partial charge is 0.160 e. The first kappa shape index (κ1) is 14.8. The molecule has 0 fully saturated rings. The molecule has 0 unspecified atom stereocenters. The van der Waals surface area contributed by atoms with E-state index in [1.54, 1.807) is 14.0 Å². The van der Waals surface area contributed by atoms with Crippen LogP contribution in [-0.2, 0) is 0 Å². The molecule has 0 aliphatic carbocycles. The Morgan fingerprint density at radius 2 is 1.60 bits per heavy atom. The zero-order valence-corrected chi connectivity index (χ0v) is 12.7. The van der Waals surface area contributed by atoms with Crippen molar-refractivity contribution in [1.29, 1.82) is 0 Å². The molecule has 0 aliphatic heterocycles. The lowest BCUT2D eigenvalue weighted by molar-refractivity contribution is 0.629. The second-order valence-electron chi connectivity index (χ2n) is 4.22. The summed E-state index contributed by atoms with van der Waals surface area (Å²) < 4.78 is 13.4. The van der Waals surface area contributed by atoms with Crippen LogP contribution in [0.2, 0.25) is 10.0 Å². The van der Waals surface area contributed by atoms with Gasteiger partial charge in [0.2, 0.25) is 0 Å². The SMILES string of the molecule is CNc1nc(C)nc(Nc2cc(Cl)c(F)c(Cl)c2)c1C. The lowest BCUT2D eigenvalue weighted by Gasteiger charge is -2.13. The Morgan fingerprint density at radius 3 is 2.15 bits per heavy atom. The van der Waals surface area contributed by atoms with E-state index >= 15 is 0 Å². The fourth-order valence-electron chi connectivity index (χ4n) is 1.76. The van der Waals surface area contributed by atoms with Crippen molar-refractivity contribution in [2.24, 2.45) is 0 Å². The highest BCUT2D eigenvalue weighted by molar-refractivity contribution is 6.35. The Balaban J connectivity index is 2.42. The van der Waals surface area contributed by atoms with Gasteiger partial charge in [-0.05, 0) is 26.0 Å². The number of benzene rings is 1. The number of hydrogen-bond donors (Lipinski definition) is 2. The standard InChI is InChI=1S/C13H13Cl2FN4/c1-6-12(17-3)18-7(2)19-13(6)20-8-4-9(14)11(16)10(15)5-8/h4-5H,1-3H3,(H2,17,18,19,20). The Morgan fingerprint density at radius 1 is 1.05 bits per heavy atom. The monoisotopic (exact) mass is 314 g/mol. The minimum atomic E-state index is -0.634. The van der Waals surface area contributed by atoms with E-state index in [4.69, 9.17) is 23.2 Å². The summed E-state index contributed by atoms with van der Waals surface area (Å²) in [5.41, 5.74) is 1.40. The minimum absolute atomic E-state index is 0.0442. The summed E-state index contributed by atoms with van der Waals surface area (Å²) in [5, 5.41) is 5.97. The van der Waals surface area contributed by atoms with Crippen molar-refractivity contribution >= 4 is 40.5 Å². The molecule has 1 aromatic heterocycles. The first-order valence-corrected chi connectivity index (χ1v) is 6.62. The molecular weight excluding hydrogens is 302 g/mol. The van der Waals surface area contributed by atoms with Gasteiger partial charge in [0.05, 0.1) is 10.0 Å². The second kappa shape index (κ2) is 5.81. The zero-order valence-electron chi connectivity index (χ0n) is 11.2. The van der Waals surface area contributed by atoms with Crippen LogP contribution in [0.15, 0.2) is 12.1 Å². The predicted octanol–water partition coefficient (Wildman–Crippen LogP) is 4.32. The van der Waals surface area contributed by atoms with Crippen LogP contribution in [0.3, 0.4) is 0 Å². The molecule has 2 rings (SSSR count). The van der Waals surface area contributed by atoms with Crippen LogP contribution in [0.25, 0.3) is 0 Å². The van der Waals surface area contributed by atoms with Crippen LogP contribution >= 0.6 is 23.2 Å². The van der Waals surface area contributed by atoms with Gasteiger partial charge in [-0.15, -0.1) is 0 Å². The van der Waals surface area contributed by atoms with Crippen LogP contribution < -0.4 is 10.6 Å². The van der Waals surface area contributed by atoms with E-state index in [9.17, 15) is 4.39 Å². The van der Waals surface area contributed by atoms with Crippen molar-refractivity contribution in [2.75, 3.05) is 17.7 Å². The molecule has 7 heteroatoms. The third-order valence-electron chi connectivity index (χ3n) is 2.74. The van der Waals surface area contributed by atoms with E-state index in [-0.39, 0.29) is 10.0 Å². The Labute approximate surface area is 126 Å². The summed E-state index contributed by atoms with van der Waals surface area (Å²) in [6, 6.07) is 2.91. The van der Waals surface area contributed by atoms with Crippen LogP contribution in [0.4, 0.5) is 21.7 Å². The van der Waals surface area contributed by atoms with Gasteiger partial charge < -0.3 is 10.6 Å². The summed E-state index contributed by atoms with van der Waals surface area (Å²) in [7, 11) is 1.78. The highest BCUT2D eigenvalue weighted by atomic mass is 35.5. The third-order valence-corrected chi connectivity index (χ3v) is 3.29. The average Bonchev–Trinajstić information content (AvgIpc) is 2.39. The molecule has 1 heterocycles. The van der Waals surface area contributed by atoms with E-state index in [1.807, 2.05) is 6.92 Å². The van der Waals surface area contributed by atoms with E-state index < -0.39 is 5.82 Å². The van der Waals surface area contributed by atoms with Crippen LogP contribution in [0, 0.1) is 19.7 Å². The summed E-state index contributed by atoms with van der Waals surface area (Å²) in [5.74, 6) is 1.31. The van der Waals surface area contributed by atoms with Crippen LogP contribution in [0.1, 0.15) is 11.4 Å². The number of nitrogens with zero attached hydrogens (tertiary/aromatic N) is 2. The first-order valence-electron chi connectivity index (χ1n) is 5.87. The van der Waals surface area contributed by atoms with E-state index in [0.717, 1.165) is 11.4 Å². The Kier molecular flexibility index (Phi) is 4.30. The molecule has 0 atom stereocenters. The number of halogens is 3. The molecule has 4 nitrogen and oxygen atoms in total. The molecule has 106 valence electrons. The molecule has 0 saturated carbocycles. The van der Waals surface area contributed by atoms with Gasteiger partial charge in [-0.3, -0.25) is 0 Å². The molecule has 20 heavy (non-hydrogen) atoms. The lowest BCUT2D eigenvalue weighted by Crippen LogP contribution is -2.05. The summed E-state index contributed by atoms with van der Waals surface area (Å²) in [4.78, 5) is 8.58. The number of nitrogens with one attached hydrogen (secondary N) is 2.